The maximum absolute atomic E-state index is 12.5. The molecule has 0 atom stereocenters. The highest BCUT2D eigenvalue weighted by molar-refractivity contribution is 6.29. The van der Waals surface area contributed by atoms with Crippen LogP contribution in [0.4, 0.5) is 8.78 Å². The van der Waals surface area contributed by atoms with E-state index in [0.29, 0.717) is 0 Å². The van der Waals surface area contributed by atoms with Gasteiger partial charge in [0.2, 0.25) is 0 Å². The fourth-order valence-electron chi connectivity index (χ4n) is 0.489. The van der Waals surface area contributed by atoms with Gasteiger partial charge in [-0.3, -0.25) is 0 Å². The number of rotatable bonds is 1. The molecule has 0 unspecified atom stereocenters. The van der Waals surface area contributed by atoms with E-state index in [1.54, 1.807) is 0 Å². The van der Waals surface area contributed by atoms with Gasteiger partial charge in [-0.05, 0) is 0 Å². The molecule has 6 heteroatoms. The van der Waals surface area contributed by atoms with E-state index in [1.807, 2.05) is 0 Å². The standard InChI is InChI=1S/C5H2ClF2IN2/c6-4-1-3(5(7,8)9)10-2-11-4/h1-2H/q-1. The Hall–Kier alpha value is -0.0400. The van der Waals surface area contributed by atoms with Crippen LogP contribution in [0, 0.1) is 0 Å². The van der Waals surface area contributed by atoms with Gasteiger partial charge in [-0.1, -0.05) is 11.6 Å². The van der Waals surface area contributed by atoms with Gasteiger partial charge in [-0.25, -0.2) is 18.7 Å². The van der Waals surface area contributed by atoms with Gasteiger partial charge in [0, 0.05) is 6.07 Å². The second-order valence-electron chi connectivity index (χ2n) is 1.72. The topological polar surface area (TPSA) is 25.8 Å². The molecule has 0 aliphatic carbocycles. The van der Waals surface area contributed by atoms with Crippen LogP contribution < -0.4 is 22.6 Å². The Balaban J connectivity index is 3.06. The lowest BCUT2D eigenvalue weighted by Crippen LogP contribution is -3.40. The lowest BCUT2D eigenvalue weighted by molar-refractivity contribution is -0.584. The van der Waals surface area contributed by atoms with E-state index in [0.717, 1.165) is 35.0 Å². The summed E-state index contributed by atoms with van der Waals surface area (Å²) in [6, 6.07) is 1.04. The summed E-state index contributed by atoms with van der Waals surface area (Å²) in [5.41, 5.74) is -0.377. The van der Waals surface area contributed by atoms with E-state index in [9.17, 15) is 8.78 Å². The summed E-state index contributed by atoms with van der Waals surface area (Å²) < 4.78 is 22.0. The van der Waals surface area contributed by atoms with Crippen molar-refractivity contribution in [2.24, 2.45) is 0 Å². The number of aromatic nitrogens is 2. The van der Waals surface area contributed by atoms with Gasteiger partial charge in [0.1, 0.15) is 11.5 Å². The first kappa shape index (κ1) is 9.05. The van der Waals surface area contributed by atoms with Crippen LogP contribution in [0.1, 0.15) is 5.69 Å². The highest BCUT2D eigenvalue weighted by Gasteiger charge is 2.16. The number of hydrogen-bond donors (Lipinski definition) is 0. The molecular formula is C5H2ClF2IN2-. The Morgan fingerprint density at radius 2 is 2.09 bits per heavy atom. The van der Waals surface area contributed by atoms with Crippen molar-refractivity contribution in [1.82, 2.24) is 9.97 Å². The average Bonchev–Trinajstić information content (AvgIpc) is 1.86. The normalized spacial score (nSPS) is 11.6. The quantitative estimate of drug-likeness (QED) is 0.366. The van der Waals surface area contributed by atoms with Gasteiger partial charge in [0.25, 0.3) is 0 Å². The van der Waals surface area contributed by atoms with Crippen LogP contribution in [-0.2, 0) is 3.93 Å². The molecule has 2 nitrogen and oxygen atoms in total. The fraction of sp³-hybridized carbons (Fsp3) is 0.200. The van der Waals surface area contributed by atoms with Gasteiger partial charge in [-0.2, -0.15) is 0 Å². The predicted octanol–water partition coefficient (Wildman–Crippen LogP) is -1.27. The van der Waals surface area contributed by atoms with E-state index in [-0.39, 0.29) is 10.8 Å². The minimum absolute atomic E-state index is 0.0198. The molecule has 1 rings (SSSR count). The van der Waals surface area contributed by atoms with E-state index in [4.69, 9.17) is 11.6 Å². The first-order valence-electron chi connectivity index (χ1n) is 2.55. The van der Waals surface area contributed by atoms with Crippen LogP contribution in [0.15, 0.2) is 12.4 Å². The molecule has 1 aromatic heterocycles. The second-order valence-corrected chi connectivity index (χ2v) is 3.47. The zero-order valence-electron chi connectivity index (χ0n) is 5.06. The van der Waals surface area contributed by atoms with Gasteiger partial charge in [0.05, 0.1) is 5.69 Å². The summed E-state index contributed by atoms with van der Waals surface area (Å²) in [5, 5.41) is 0.0198. The van der Waals surface area contributed by atoms with Crippen molar-refractivity contribution in [3.63, 3.8) is 0 Å². The molecule has 1 aromatic rings. The summed E-state index contributed by atoms with van der Waals surface area (Å²) in [6.45, 7) is 0. The smallest absolute Gasteiger partial charge is 0.177 e. The van der Waals surface area contributed by atoms with Crippen molar-refractivity contribution >= 4 is 11.6 Å². The van der Waals surface area contributed by atoms with Gasteiger partial charge >= 0.3 is 0 Å². The van der Waals surface area contributed by atoms with E-state index >= 15 is 0 Å². The monoisotopic (exact) mass is 290 g/mol. The molecule has 0 aromatic carbocycles. The number of hydrogen-bond acceptors (Lipinski definition) is 2. The molecule has 0 bridgehead atoms. The number of nitrogens with zero attached hydrogens (tertiary/aromatic N) is 2. The molecule has 0 saturated carbocycles. The zero-order valence-corrected chi connectivity index (χ0v) is 7.97. The van der Waals surface area contributed by atoms with E-state index in [2.05, 4.69) is 9.97 Å². The van der Waals surface area contributed by atoms with Crippen LogP contribution in [-0.4, -0.2) is 9.97 Å². The van der Waals surface area contributed by atoms with Crippen LogP contribution in [0.3, 0.4) is 0 Å². The highest BCUT2D eigenvalue weighted by Crippen LogP contribution is 2.16. The summed E-state index contributed by atoms with van der Waals surface area (Å²) in [5.74, 6) is 0. The fourth-order valence-corrected chi connectivity index (χ4v) is 0.931. The maximum atomic E-state index is 12.5. The first-order valence-corrected chi connectivity index (χ1v) is 4.00. The van der Waals surface area contributed by atoms with Crippen LogP contribution >= 0.6 is 11.6 Å². The molecule has 1 radical (unpaired) electrons. The molecule has 61 valence electrons. The Kier molecular flexibility index (Phi) is 2.58. The third-order valence-electron chi connectivity index (χ3n) is 0.924. The van der Waals surface area contributed by atoms with Crippen LogP contribution in [0.5, 0.6) is 0 Å². The molecule has 0 saturated heterocycles. The van der Waals surface area contributed by atoms with Crippen molar-refractivity contribution in [2.75, 3.05) is 0 Å². The molecular weight excluding hydrogens is 288 g/mol. The average molecular weight is 290 g/mol. The Bertz CT molecular complexity index is 263. The molecule has 0 fully saturated rings. The third-order valence-corrected chi connectivity index (χ3v) is 1.68. The second kappa shape index (κ2) is 3.14. The van der Waals surface area contributed by atoms with Crippen molar-refractivity contribution in [1.29, 1.82) is 0 Å². The molecule has 0 aliphatic heterocycles. The Morgan fingerprint density at radius 1 is 1.45 bits per heavy atom. The van der Waals surface area contributed by atoms with E-state index < -0.39 is 3.93 Å². The molecule has 0 N–H and O–H groups in total. The van der Waals surface area contributed by atoms with Crippen molar-refractivity contribution in [3.05, 3.63) is 23.2 Å². The predicted molar refractivity (Wildman–Crippen MR) is 30.9 cm³/mol. The summed E-state index contributed by atoms with van der Waals surface area (Å²) in [4.78, 5) is 6.83. The van der Waals surface area contributed by atoms with Crippen molar-refractivity contribution < 1.29 is 31.4 Å². The van der Waals surface area contributed by atoms with Gasteiger partial charge < -0.3 is 22.6 Å². The van der Waals surface area contributed by atoms with Gasteiger partial charge in [0.15, 0.2) is 3.93 Å². The van der Waals surface area contributed by atoms with Gasteiger partial charge in [-0.15, -0.1) is 0 Å². The molecule has 0 spiro atoms. The molecule has 0 aliphatic rings. The molecule has 11 heavy (non-hydrogen) atoms. The summed E-state index contributed by atoms with van der Waals surface area (Å²) >= 11 is 6.34. The Labute approximate surface area is 80.1 Å². The van der Waals surface area contributed by atoms with Crippen LogP contribution in [0.2, 0.25) is 5.15 Å². The van der Waals surface area contributed by atoms with Crippen molar-refractivity contribution in [3.8, 4) is 0 Å². The number of alkyl halides is 3. The largest absolute Gasteiger partial charge is 0.708 e. The lowest BCUT2D eigenvalue weighted by atomic mass is 10.4. The summed E-state index contributed by atoms with van der Waals surface area (Å²) in [7, 11) is 0. The highest BCUT2D eigenvalue weighted by atomic mass is 127. The van der Waals surface area contributed by atoms with Crippen LogP contribution in [0.25, 0.3) is 0 Å². The van der Waals surface area contributed by atoms with Crippen molar-refractivity contribution in [2.45, 2.75) is 3.93 Å². The first-order chi connectivity index (χ1) is 5.00. The lowest BCUT2D eigenvalue weighted by Gasteiger charge is -2.20. The maximum Gasteiger partial charge on any atom is 0.177 e. The molecule has 1 heterocycles. The minimum atomic E-state index is -2.98. The third kappa shape index (κ3) is 2.48. The SMILES string of the molecule is FC(F)([I-])c1cc(Cl)ncn1. The Morgan fingerprint density at radius 3 is 2.45 bits per heavy atom. The molecule has 0 amide bonds. The van der Waals surface area contributed by atoms with E-state index in [1.165, 1.54) is 0 Å². The minimum Gasteiger partial charge on any atom is -0.708 e. The number of halogens is 4. The zero-order chi connectivity index (χ0) is 8.48. The summed E-state index contributed by atoms with van der Waals surface area (Å²) in [6.07, 6.45) is 1.00.